The predicted octanol–water partition coefficient (Wildman–Crippen LogP) is 1.43. The minimum absolute atomic E-state index is 0.00411. The number of anilines is 1. The minimum atomic E-state index is -2.19. The molecule has 20 nitrogen and oxygen atoms in total. The SMILES string of the molecule is CCC.CNCC(=O)NC(C)CCCNC(N)=O.COCc1ccc(NC=O)cc1.COc1cccc2c1C(=O)c1c(O)c3c(c(O)c1C2=O)CC(O)(C(=O)NCCNC=O)CC3O. The second-order valence-electron chi connectivity index (χ2n) is 14.7. The van der Waals surface area contributed by atoms with Crippen LogP contribution in [0.5, 0.6) is 17.2 Å². The summed E-state index contributed by atoms with van der Waals surface area (Å²) in [5.74, 6) is -3.73. The number of benzene rings is 3. The maximum Gasteiger partial charge on any atom is 0.312 e. The monoisotopic (exact) mass is 895 g/mol. The third-order valence-electron chi connectivity index (χ3n) is 9.50. The van der Waals surface area contributed by atoms with Crippen molar-refractivity contribution in [1.82, 2.24) is 26.6 Å². The van der Waals surface area contributed by atoms with Gasteiger partial charge in [-0.1, -0.05) is 44.5 Å². The molecule has 3 atom stereocenters. The molecule has 0 aromatic heterocycles. The van der Waals surface area contributed by atoms with E-state index in [-0.39, 0.29) is 53.0 Å². The lowest BCUT2D eigenvalue weighted by atomic mass is 9.72. The number of methoxy groups -OCH3 is 2. The number of amides is 6. The molecular weight excluding hydrogens is 835 g/mol. The molecule has 0 aliphatic heterocycles. The first kappa shape index (κ1) is 53.5. The second kappa shape index (κ2) is 26.8. The van der Waals surface area contributed by atoms with E-state index in [1.165, 1.54) is 31.7 Å². The number of nitrogens with two attached hydrogens (primary N) is 1. The molecular formula is C44H61N7O13. The number of phenolic OH excluding ortho intramolecular Hbond substituents is 2. The molecule has 0 fully saturated rings. The van der Waals surface area contributed by atoms with Crippen LogP contribution in [0.25, 0.3) is 0 Å². The molecule has 12 N–H and O–H groups in total. The van der Waals surface area contributed by atoms with Gasteiger partial charge in [0.05, 0.1) is 43.1 Å². The van der Waals surface area contributed by atoms with Gasteiger partial charge in [0.25, 0.3) is 5.91 Å². The molecule has 3 unspecified atom stereocenters. The summed E-state index contributed by atoms with van der Waals surface area (Å²) < 4.78 is 10.1. The number of phenols is 2. The Labute approximate surface area is 371 Å². The number of primary amides is 1. The summed E-state index contributed by atoms with van der Waals surface area (Å²) in [6.45, 7) is 7.74. The van der Waals surface area contributed by atoms with Gasteiger partial charge in [0.2, 0.25) is 24.5 Å². The molecule has 3 aromatic carbocycles. The zero-order chi connectivity index (χ0) is 48.0. The van der Waals surface area contributed by atoms with Crippen molar-refractivity contribution in [1.29, 1.82) is 0 Å². The lowest BCUT2D eigenvalue weighted by molar-refractivity contribution is -0.144. The highest BCUT2D eigenvalue weighted by atomic mass is 16.5. The zero-order valence-corrected chi connectivity index (χ0v) is 37.0. The maximum absolute atomic E-state index is 13.3. The van der Waals surface area contributed by atoms with Gasteiger partial charge in [-0.05, 0) is 50.6 Å². The molecule has 64 heavy (non-hydrogen) atoms. The standard InChI is InChI=1S/C23H22N2O9.C9H20N4O2.C9H11NO2.C3H8/c1-34-13-4-2-3-10-15(13)21(31)17-16(18(10)28)19(29)11-7-23(33,8-12(27)14(11)20(17)30)22(32)25-6-5-24-9-26;1-7(13-8(14)6-11-2)4-3-5-12-9(10)15;1-12-6-8-2-4-9(5-3-8)10-7-11;1-3-2/h2-4,9,12,27,29-30,33H,5-8H2,1H3,(H,24,26)(H,25,32);7,11H,3-6H2,1-2H3,(H,13,14)(H3,10,12,15);2-5,7H,6H2,1H3,(H,10,11);3H2,1-2H3. The number of likely N-dealkylation sites (N-methyl/N-ethyl adjacent to an activating group) is 1. The van der Waals surface area contributed by atoms with Crippen LogP contribution < -0.4 is 42.4 Å². The first-order valence-electron chi connectivity index (χ1n) is 20.5. The number of hydrogen-bond acceptors (Lipinski definition) is 14. The molecule has 0 saturated carbocycles. The van der Waals surface area contributed by atoms with Crippen LogP contribution in [0.2, 0.25) is 0 Å². The fraction of sp³-hybridized carbons (Fsp3) is 0.432. The number of ether oxygens (including phenoxy) is 2. The van der Waals surface area contributed by atoms with Crippen LogP contribution in [0.15, 0.2) is 42.5 Å². The van der Waals surface area contributed by atoms with Crippen LogP contribution in [0, 0.1) is 0 Å². The van der Waals surface area contributed by atoms with Crippen LogP contribution in [0.3, 0.4) is 0 Å². The first-order valence-corrected chi connectivity index (χ1v) is 20.5. The van der Waals surface area contributed by atoms with E-state index in [4.69, 9.17) is 15.2 Å². The molecule has 0 spiro atoms. The maximum atomic E-state index is 13.3. The molecule has 6 amide bonds. The molecule has 0 saturated heterocycles. The molecule has 0 heterocycles. The van der Waals surface area contributed by atoms with E-state index in [0.29, 0.717) is 32.5 Å². The first-order chi connectivity index (χ1) is 30.5. The molecule has 5 rings (SSSR count). The molecule has 2 aliphatic rings. The third-order valence-corrected chi connectivity index (χ3v) is 9.50. The number of ketones is 2. The van der Waals surface area contributed by atoms with E-state index in [0.717, 1.165) is 24.1 Å². The number of rotatable bonds is 17. The van der Waals surface area contributed by atoms with Crippen molar-refractivity contribution in [2.45, 2.75) is 77.2 Å². The number of fused-ring (bicyclic) bond motifs is 3. The van der Waals surface area contributed by atoms with Crippen molar-refractivity contribution in [2.75, 3.05) is 52.8 Å². The number of aliphatic hydroxyl groups is 2. The smallest absolute Gasteiger partial charge is 0.312 e. The molecule has 3 aromatic rings. The van der Waals surface area contributed by atoms with Crippen molar-refractivity contribution in [2.24, 2.45) is 5.73 Å². The van der Waals surface area contributed by atoms with Crippen molar-refractivity contribution >= 4 is 47.9 Å². The minimum Gasteiger partial charge on any atom is -0.507 e. The average molecular weight is 896 g/mol. The summed E-state index contributed by atoms with van der Waals surface area (Å²) in [4.78, 5) is 81.0. The van der Waals surface area contributed by atoms with E-state index in [2.05, 4.69) is 45.7 Å². The van der Waals surface area contributed by atoms with Crippen LogP contribution in [-0.4, -0.2) is 122 Å². The van der Waals surface area contributed by atoms with E-state index >= 15 is 0 Å². The van der Waals surface area contributed by atoms with E-state index < -0.39 is 70.7 Å². The lowest BCUT2D eigenvalue weighted by Gasteiger charge is -2.37. The number of hydrogen-bond donors (Lipinski definition) is 11. The molecule has 2 aliphatic carbocycles. The van der Waals surface area contributed by atoms with Crippen molar-refractivity contribution in [3.8, 4) is 17.2 Å². The fourth-order valence-electron chi connectivity index (χ4n) is 6.70. The number of nitrogens with one attached hydrogen (secondary N) is 6. The van der Waals surface area contributed by atoms with E-state index in [1.54, 1.807) is 14.2 Å². The van der Waals surface area contributed by atoms with Crippen molar-refractivity contribution in [3.63, 3.8) is 0 Å². The van der Waals surface area contributed by atoms with Gasteiger partial charge in [-0.2, -0.15) is 0 Å². The quantitative estimate of drug-likeness (QED) is 0.0406. The van der Waals surface area contributed by atoms with Crippen LogP contribution >= 0.6 is 0 Å². The Kier molecular flexibility index (Phi) is 22.4. The van der Waals surface area contributed by atoms with Gasteiger partial charge in [-0.25, -0.2) is 4.79 Å². The Hall–Kier alpha value is -6.61. The average Bonchev–Trinajstić information content (AvgIpc) is 3.25. The van der Waals surface area contributed by atoms with Gasteiger partial charge in [0.15, 0.2) is 5.78 Å². The molecule has 0 radical (unpaired) electrons. The number of urea groups is 1. The van der Waals surface area contributed by atoms with Gasteiger partial charge in [-0.15, -0.1) is 0 Å². The normalized spacial score (nSPS) is 15.8. The molecule has 0 bridgehead atoms. The highest BCUT2D eigenvalue weighted by Gasteiger charge is 2.48. The zero-order valence-electron chi connectivity index (χ0n) is 37.0. The predicted molar refractivity (Wildman–Crippen MR) is 236 cm³/mol. The van der Waals surface area contributed by atoms with Crippen molar-refractivity contribution in [3.05, 3.63) is 81.4 Å². The van der Waals surface area contributed by atoms with Crippen LogP contribution in [0.1, 0.15) is 101 Å². The summed E-state index contributed by atoms with van der Waals surface area (Å²) in [5, 5.41) is 59.0. The number of carbonyl (C=O) groups is 7. The molecule has 350 valence electrons. The summed E-state index contributed by atoms with van der Waals surface area (Å²) in [6, 6.07) is 11.4. The van der Waals surface area contributed by atoms with Crippen molar-refractivity contribution < 1.29 is 63.5 Å². The summed E-state index contributed by atoms with van der Waals surface area (Å²) in [6.07, 6.45) is 1.25. The van der Waals surface area contributed by atoms with Gasteiger partial charge >= 0.3 is 6.03 Å². The molecule has 20 heteroatoms. The highest BCUT2D eigenvalue weighted by molar-refractivity contribution is 6.31. The fourth-order valence-corrected chi connectivity index (χ4v) is 6.70. The number of aliphatic hydroxyl groups excluding tert-OH is 1. The Bertz CT molecular complexity index is 2080. The van der Waals surface area contributed by atoms with E-state index in [1.807, 2.05) is 31.2 Å². The van der Waals surface area contributed by atoms with Crippen LogP contribution in [0.4, 0.5) is 10.5 Å². The summed E-state index contributed by atoms with van der Waals surface area (Å²) >= 11 is 0. The van der Waals surface area contributed by atoms with Gasteiger partial charge in [-0.3, -0.25) is 28.8 Å². The number of carbonyl (C=O) groups excluding carboxylic acids is 7. The van der Waals surface area contributed by atoms with Gasteiger partial charge < -0.3 is 67.5 Å². The van der Waals surface area contributed by atoms with Crippen LogP contribution in [-0.2, 0) is 36.9 Å². The highest BCUT2D eigenvalue weighted by Crippen LogP contribution is 2.50. The largest absolute Gasteiger partial charge is 0.507 e. The third kappa shape index (κ3) is 14.8. The van der Waals surface area contributed by atoms with E-state index in [9.17, 15) is 54.0 Å². The topological polar surface area (TPSA) is 317 Å². The Morgan fingerprint density at radius 3 is 2.16 bits per heavy atom. The summed E-state index contributed by atoms with van der Waals surface area (Å²) in [7, 11) is 4.69. The number of aromatic hydroxyl groups is 2. The summed E-state index contributed by atoms with van der Waals surface area (Å²) in [5.41, 5.74) is 3.07. The Morgan fingerprint density at radius 1 is 0.922 bits per heavy atom. The second-order valence-corrected chi connectivity index (χ2v) is 14.7. The van der Waals surface area contributed by atoms with Gasteiger partial charge in [0, 0.05) is 68.0 Å². The Balaban J connectivity index is 0.000000386. The van der Waals surface area contributed by atoms with Gasteiger partial charge in [0.1, 0.15) is 22.8 Å². The lowest BCUT2D eigenvalue weighted by Crippen LogP contribution is -2.52. The Morgan fingerprint density at radius 2 is 1.58 bits per heavy atom.